The summed E-state index contributed by atoms with van der Waals surface area (Å²) in [7, 11) is 0. The third-order valence-corrected chi connectivity index (χ3v) is 2.53. The largest absolute Gasteiger partial charge is 0.396 e. The number of hydrogen-bond acceptors (Lipinski definition) is 3. The van der Waals surface area contributed by atoms with Gasteiger partial charge in [0, 0.05) is 6.04 Å². The molecule has 1 aliphatic rings. The number of nitrogens with zero attached hydrogens (tertiary/aromatic N) is 1. The number of rotatable bonds is 2. The van der Waals surface area contributed by atoms with Crippen LogP contribution in [0.1, 0.15) is 13.3 Å². The highest BCUT2D eigenvalue weighted by Crippen LogP contribution is 2.33. The van der Waals surface area contributed by atoms with Crippen molar-refractivity contribution >= 4 is 23.1 Å². The molecule has 2 atom stereocenters. The van der Waals surface area contributed by atoms with Gasteiger partial charge in [-0.2, -0.15) is 0 Å². The molecule has 1 fully saturated rings. The summed E-state index contributed by atoms with van der Waals surface area (Å²) < 4.78 is 0. The van der Waals surface area contributed by atoms with Gasteiger partial charge >= 0.3 is 0 Å². The van der Waals surface area contributed by atoms with Gasteiger partial charge in [-0.1, -0.05) is 18.5 Å². The van der Waals surface area contributed by atoms with Gasteiger partial charge in [-0.15, -0.1) is 0 Å². The number of hydrogen-bond donors (Lipinski definition) is 2. The van der Waals surface area contributed by atoms with Crippen LogP contribution in [0.5, 0.6) is 0 Å². The Hall–Kier alpha value is -0.960. The van der Waals surface area contributed by atoms with Crippen molar-refractivity contribution in [1.82, 2.24) is 4.98 Å². The Morgan fingerprint density at radius 1 is 1.62 bits per heavy atom. The van der Waals surface area contributed by atoms with E-state index in [1.807, 2.05) is 0 Å². The number of anilines is 2. The van der Waals surface area contributed by atoms with Crippen LogP contribution in [0.15, 0.2) is 12.1 Å². The van der Waals surface area contributed by atoms with Crippen LogP contribution in [0.2, 0.25) is 5.15 Å². The molecule has 0 aromatic carbocycles. The summed E-state index contributed by atoms with van der Waals surface area (Å²) in [4.78, 5) is 4.12. The lowest BCUT2D eigenvalue weighted by atomic mass is 10.4. The third kappa shape index (κ3) is 1.86. The van der Waals surface area contributed by atoms with E-state index in [9.17, 15) is 0 Å². The number of nitrogen functional groups attached to an aromatic ring is 1. The zero-order valence-corrected chi connectivity index (χ0v) is 8.17. The standard InChI is InChI=1S/C9H12ClN3/c1-5-4-7(5)12-9-6(11)2-3-8(10)13-9/h2-3,5,7H,4,11H2,1H3,(H,12,13). The van der Waals surface area contributed by atoms with E-state index in [4.69, 9.17) is 17.3 Å². The van der Waals surface area contributed by atoms with Crippen LogP contribution in [0.25, 0.3) is 0 Å². The molecule has 1 aromatic heterocycles. The van der Waals surface area contributed by atoms with Crippen LogP contribution >= 0.6 is 11.6 Å². The monoisotopic (exact) mass is 197 g/mol. The van der Waals surface area contributed by atoms with E-state index in [1.165, 1.54) is 6.42 Å². The summed E-state index contributed by atoms with van der Waals surface area (Å²) >= 11 is 5.75. The number of nitrogens with two attached hydrogens (primary N) is 1. The molecule has 0 spiro atoms. The quantitative estimate of drug-likeness (QED) is 0.715. The number of aromatic nitrogens is 1. The second-order valence-electron chi connectivity index (χ2n) is 3.54. The number of nitrogens with one attached hydrogen (secondary N) is 1. The first-order valence-electron chi connectivity index (χ1n) is 4.35. The highest BCUT2D eigenvalue weighted by atomic mass is 35.5. The Morgan fingerprint density at radius 2 is 2.31 bits per heavy atom. The lowest BCUT2D eigenvalue weighted by Crippen LogP contribution is -2.07. The first kappa shape index (κ1) is 8.63. The van der Waals surface area contributed by atoms with Crippen molar-refractivity contribution in [2.24, 2.45) is 5.92 Å². The highest BCUT2D eigenvalue weighted by Gasteiger charge is 2.33. The van der Waals surface area contributed by atoms with Gasteiger partial charge in [-0.05, 0) is 24.5 Å². The van der Waals surface area contributed by atoms with Gasteiger partial charge in [-0.25, -0.2) is 4.98 Å². The molecule has 3 N–H and O–H groups in total. The molecule has 0 aliphatic heterocycles. The molecule has 1 saturated carbocycles. The highest BCUT2D eigenvalue weighted by molar-refractivity contribution is 6.29. The summed E-state index contributed by atoms with van der Waals surface area (Å²) in [6, 6.07) is 3.98. The Balaban J connectivity index is 2.14. The normalized spacial score (nSPS) is 25.7. The van der Waals surface area contributed by atoms with Crippen molar-refractivity contribution in [2.45, 2.75) is 19.4 Å². The van der Waals surface area contributed by atoms with E-state index < -0.39 is 0 Å². The third-order valence-electron chi connectivity index (χ3n) is 2.32. The van der Waals surface area contributed by atoms with E-state index in [-0.39, 0.29) is 0 Å². The fraction of sp³-hybridized carbons (Fsp3) is 0.444. The zero-order chi connectivity index (χ0) is 9.42. The van der Waals surface area contributed by atoms with E-state index in [2.05, 4.69) is 17.2 Å². The van der Waals surface area contributed by atoms with Gasteiger partial charge in [-0.3, -0.25) is 0 Å². The Bertz CT molecular complexity index is 327. The maximum atomic E-state index is 5.75. The second-order valence-corrected chi connectivity index (χ2v) is 3.92. The topological polar surface area (TPSA) is 50.9 Å². The van der Waals surface area contributed by atoms with Crippen molar-refractivity contribution in [3.8, 4) is 0 Å². The molecule has 1 aliphatic carbocycles. The predicted octanol–water partition coefficient (Wildman–Crippen LogP) is 2.14. The van der Waals surface area contributed by atoms with Gasteiger partial charge in [0.25, 0.3) is 0 Å². The fourth-order valence-corrected chi connectivity index (χ4v) is 1.41. The lowest BCUT2D eigenvalue weighted by Gasteiger charge is -2.06. The van der Waals surface area contributed by atoms with E-state index in [0.29, 0.717) is 22.7 Å². The minimum atomic E-state index is 0.477. The second kappa shape index (κ2) is 3.07. The molecule has 13 heavy (non-hydrogen) atoms. The SMILES string of the molecule is CC1CC1Nc1nc(Cl)ccc1N. The van der Waals surface area contributed by atoms with Crippen LogP contribution < -0.4 is 11.1 Å². The molecule has 1 heterocycles. The van der Waals surface area contributed by atoms with Gasteiger partial charge < -0.3 is 11.1 Å². The fourth-order valence-electron chi connectivity index (χ4n) is 1.26. The van der Waals surface area contributed by atoms with Gasteiger partial charge in [0.15, 0.2) is 5.82 Å². The number of pyridine rings is 1. The molecule has 70 valence electrons. The van der Waals surface area contributed by atoms with Crippen molar-refractivity contribution < 1.29 is 0 Å². The molecule has 3 nitrogen and oxygen atoms in total. The molecule has 2 rings (SSSR count). The lowest BCUT2D eigenvalue weighted by molar-refractivity contribution is 0.924. The molecule has 0 bridgehead atoms. The predicted molar refractivity (Wildman–Crippen MR) is 54.9 cm³/mol. The van der Waals surface area contributed by atoms with E-state index in [0.717, 1.165) is 5.92 Å². The minimum Gasteiger partial charge on any atom is -0.396 e. The Kier molecular flexibility index (Phi) is 2.04. The van der Waals surface area contributed by atoms with Crippen molar-refractivity contribution in [3.05, 3.63) is 17.3 Å². The molecule has 0 radical (unpaired) electrons. The molecular weight excluding hydrogens is 186 g/mol. The average molecular weight is 198 g/mol. The summed E-state index contributed by atoms with van der Waals surface area (Å²) in [6.07, 6.45) is 1.19. The first-order valence-corrected chi connectivity index (χ1v) is 4.73. The van der Waals surface area contributed by atoms with Crippen LogP contribution in [0, 0.1) is 5.92 Å². The first-order chi connectivity index (χ1) is 6.16. The van der Waals surface area contributed by atoms with Crippen LogP contribution in [-0.2, 0) is 0 Å². The summed E-state index contributed by atoms with van der Waals surface area (Å²) in [5.74, 6) is 1.43. The minimum absolute atomic E-state index is 0.477. The maximum absolute atomic E-state index is 5.75. The van der Waals surface area contributed by atoms with Crippen LogP contribution in [0.4, 0.5) is 11.5 Å². The maximum Gasteiger partial charge on any atom is 0.151 e. The summed E-state index contributed by atoms with van der Waals surface area (Å²) in [5.41, 5.74) is 6.38. The van der Waals surface area contributed by atoms with Gasteiger partial charge in [0.1, 0.15) is 5.15 Å². The van der Waals surface area contributed by atoms with Crippen LogP contribution in [-0.4, -0.2) is 11.0 Å². The molecule has 4 heteroatoms. The smallest absolute Gasteiger partial charge is 0.151 e. The molecule has 1 aromatic rings. The van der Waals surface area contributed by atoms with E-state index in [1.54, 1.807) is 12.1 Å². The number of halogens is 1. The summed E-state index contributed by atoms with van der Waals surface area (Å²) in [6.45, 7) is 2.19. The Labute approximate surface area is 82.3 Å². The van der Waals surface area contributed by atoms with Crippen molar-refractivity contribution in [1.29, 1.82) is 0 Å². The Morgan fingerprint density at radius 3 is 2.92 bits per heavy atom. The molecular formula is C9H12ClN3. The molecule has 2 unspecified atom stereocenters. The summed E-state index contributed by atoms with van der Waals surface area (Å²) in [5, 5.41) is 3.73. The van der Waals surface area contributed by atoms with Gasteiger partial charge in [0.05, 0.1) is 5.69 Å². The van der Waals surface area contributed by atoms with Crippen LogP contribution in [0.3, 0.4) is 0 Å². The average Bonchev–Trinajstić information content (AvgIpc) is 2.75. The van der Waals surface area contributed by atoms with E-state index >= 15 is 0 Å². The molecule has 0 amide bonds. The molecule has 0 saturated heterocycles. The van der Waals surface area contributed by atoms with Crippen molar-refractivity contribution in [3.63, 3.8) is 0 Å². The van der Waals surface area contributed by atoms with Crippen molar-refractivity contribution in [2.75, 3.05) is 11.1 Å². The zero-order valence-electron chi connectivity index (χ0n) is 7.42. The van der Waals surface area contributed by atoms with Gasteiger partial charge in [0.2, 0.25) is 0 Å².